The number of hydrogen-bond acceptors (Lipinski definition) is 7. The number of amides is 4. The highest BCUT2D eigenvalue weighted by Crippen LogP contribution is 2.20. The largest absolute Gasteiger partial charge is 0.449 e. The van der Waals surface area contributed by atoms with Gasteiger partial charge in [0.1, 0.15) is 0 Å². The van der Waals surface area contributed by atoms with E-state index in [1.165, 1.54) is 42.4 Å². The quantitative estimate of drug-likeness (QED) is 0.558. The van der Waals surface area contributed by atoms with Crippen LogP contribution in [0.25, 0.3) is 0 Å². The molecule has 1 aromatic carbocycles. The fourth-order valence-electron chi connectivity index (χ4n) is 3.96. The zero-order valence-electron chi connectivity index (χ0n) is 19.3. The van der Waals surface area contributed by atoms with Gasteiger partial charge in [0, 0.05) is 39.1 Å². The maximum Gasteiger partial charge on any atom is 0.338 e. The van der Waals surface area contributed by atoms with Crippen LogP contribution in [0.15, 0.2) is 29.2 Å². The summed E-state index contributed by atoms with van der Waals surface area (Å²) in [4.78, 5) is 49.7. The first kappa shape index (κ1) is 25.6. The molecule has 1 aromatic rings. The highest BCUT2D eigenvalue weighted by Gasteiger charge is 2.30. The third-order valence-corrected chi connectivity index (χ3v) is 7.87. The van der Waals surface area contributed by atoms with Crippen LogP contribution in [-0.2, 0) is 24.3 Å². The number of esters is 1. The van der Waals surface area contributed by atoms with Crippen molar-refractivity contribution < 1.29 is 32.3 Å². The molecule has 34 heavy (non-hydrogen) atoms. The molecule has 11 nitrogen and oxygen atoms in total. The summed E-state index contributed by atoms with van der Waals surface area (Å²) in [6, 6.07) is 4.74. The third-order valence-electron chi connectivity index (χ3n) is 5.97. The molecule has 0 aromatic heterocycles. The fourth-order valence-corrected chi connectivity index (χ4v) is 5.43. The van der Waals surface area contributed by atoms with E-state index in [1.807, 2.05) is 0 Å². The normalized spacial score (nSPS) is 18.2. The van der Waals surface area contributed by atoms with Crippen molar-refractivity contribution in [3.05, 3.63) is 29.8 Å². The number of carbonyl (C=O) groups is 4. The zero-order chi connectivity index (χ0) is 24.9. The van der Waals surface area contributed by atoms with Crippen LogP contribution in [0, 0.1) is 0 Å². The average molecular weight is 495 g/mol. The molecule has 1 unspecified atom stereocenters. The molecule has 0 radical (unpaired) electrons. The predicted octanol–water partition coefficient (Wildman–Crippen LogP) is 0.853. The first-order valence-electron chi connectivity index (χ1n) is 11.3. The lowest BCUT2D eigenvalue weighted by atomic mass is 10.2. The number of sulfonamides is 1. The molecular weight excluding hydrogens is 464 g/mol. The van der Waals surface area contributed by atoms with Crippen molar-refractivity contribution >= 4 is 33.8 Å². The first-order chi connectivity index (χ1) is 16.1. The van der Waals surface area contributed by atoms with E-state index in [0.29, 0.717) is 0 Å². The van der Waals surface area contributed by atoms with Gasteiger partial charge in [-0.25, -0.2) is 18.0 Å². The Morgan fingerprint density at radius 3 is 2.32 bits per heavy atom. The fraction of sp³-hybridized carbons (Fsp3) is 0.545. The molecule has 186 valence electrons. The van der Waals surface area contributed by atoms with E-state index in [4.69, 9.17) is 4.74 Å². The van der Waals surface area contributed by atoms with E-state index in [-0.39, 0.29) is 48.6 Å². The molecule has 2 fully saturated rings. The van der Waals surface area contributed by atoms with Crippen molar-refractivity contribution in [3.63, 3.8) is 0 Å². The monoisotopic (exact) mass is 494 g/mol. The lowest BCUT2D eigenvalue weighted by Crippen LogP contribution is -2.49. The van der Waals surface area contributed by atoms with Crippen LogP contribution in [0.5, 0.6) is 0 Å². The number of nitrogens with zero attached hydrogens (tertiary/aromatic N) is 2. The molecule has 1 atom stereocenters. The summed E-state index contributed by atoms with van der Waals surface area (Å²) in [6.45, 7) is 3.63. The van der Waals surface area contributed by atoms with Crippen LogP contribution in [0.1, 0.15) is 49.9 Å². The summed E-state index contributed by atoms with van der Waals surface area (Å²) in [7, 11) is -3.88. The van der Waals surface area contributed by atoms with Crippen LogP contribution in [0.3, 0.4) is 0 Å². The molecule has 1 aliphatic carbocycles. The number of benzene rings is 1. The SMILES string of the molecule is CC(=O)N1CCN(S(=O)(=O)c2cccc(C(=O)OC(C)C(=O)NC(=O)NC3CCCC3)c2)CC1. The maximum absolute atomic E-state index is 13.0. The lowest BCUT2D eigenvalue weighted by molar-refractivity contribution is -0.130. The topological polar surface area (TPSA) is 142 Å². The first-order valence-corrected chi connectivity index (χ1v) is 12.7. The molecule has 0 spiro atoms. The van der Waals surface area contributed by atoms with Gasteiger partial charge in [0.25, 0.3) is 5.91 Å². The van der Waals surface area contributed by atoms with Crippen molar-refractivity contribution in [3.8, 4) is 0 Å². The minimum atomic E-state index is -3.88. The van der Waals surface area contributed by atoms with E-state index in [2.05, 4.69) is 10.6 Å². The van der Waals surface area contributed by atoms with Gasteiger partial charge in [0.2, 0.25) is 15.9 Å². The highest BCUT2D eigenvalue weighted by atomic mass is 32.2. The summed E-state index contributed by atoms with van der Waals surface area (Å²) in [6.07, 6.45) is 2.50. The smallest absolute Gasteiger partial charge is 0.338 e. The Bertz CT molecular complexity index is 1050. The highest BCUT2D eigenvalue weighted by molar-refractivity contribution is 7.89. The lowest BCUT2D eigenvalue weighted by Gasteiger charge is -2.33. The number of urea groups is 1. The van der Waals surface area contributed by atoms with E-state index >= 15 is 0 Å². The minimum absolute atomic E-state index is 0.0285. The second-order valence-corrected chi connectivity index (χ2v) is 10.4. The summed E-state index contributed by atoms with van der Waals surface area (Å²) >= 11 is 0. The predicted molar refractivity (Wildman–Crippen MR) is 121 cm³/mol. The van der Waals surface area contributed by atoms with Crippen molar-refractivity contribution in [2.75, 3.05) is 26.2 Å². The minimum Gasteiger partial charge on any atom is -0.449 e. The Labute approximate surface area is 198 Å². The molecule has 3 rings (SSSR count). The summed E-state index contributed by atoms with van der Waals surface area (Å²) in [5.41, 5.74) is -0.0431. The average Bonchev–Trinajstić information content (AvgIpc) is 3.31. The summed E-state index contributed by atoms with van der Waals surface area (Å²) in [5.74, 6) is -1.79. The number of carbonyl (C=O) groups excluding carboxylic acids is 4. The Hall–Kier alpha value is -2.99. The standard InChI is InChI=1S/C22H30N4O7S/c1-15(20(28)24-22(30)23-18-7-3-4-8-18)33-21(29)17-6-5-9-19(14-17)34(31,32)26-12-10-25(11-13-26)16(2)27/h5-6,9,14-15,18H,3-4,7-8,10-13H2,1-2H3,(H2,23,24,28,30). The van der Waals surface area contributed by atoms with Gasteiger partial charge in [-0.05, 0) is 38.0 Å². The van der Waals surface area contributed by atoms with Gasteiger partial charge in [-0.3, -0.25) is 14.9 Å². The van der Waals surface area contributed by atoms with Crippen LogP contribution in [0.2, 0.25) is 0 Å². The third kappa shape index (κ3) is 6.32. The molecule has 1 saturated carbocycles. The molecule has 0 bridgehead atoms. The molecule has 2 N–H and O–H groups in total. The molecule has 4 amide bonds. The van der Waals surface area contributed by atoms with E-state index < -0.39 is 34.0 Å². The zero-order valence-corrected chi connectivity index (χ0v) is 20.1. The number of ether oxygens (including phenoxy) is 1. The van der Waals surface area contributed by atoms with Gasteiger partial charge >= 0.3 is 12.0 Å². The molecule has 1 heterocycles. The number of rotatable bonds is 6. The van der Waals surface area contributed by atoms with Crippen molar-refractivity contribution in [2.45, 2.75) is 56.6 Å². The van der Waals surface area contributed by atoms with Crippen molar-refractivity contribution in [1.82, 2.24) is 19.8 Å². The Morgan fingerprint density at radius 1 is 1.06 bits per heavy atom. The Balaban J connectivity index is 1.58. The van der Waals surface area contributed by atoms with E-state index in [0.717, 1.165) is 25.7 Å². The number of piperazine rings is 1. The molecule has 1 saturated heterocycles. The summed E-state index contributed by atoms with van der Waals surface area (Å²) in [5, 5.41) is 4.87. The van der Waals surface area contributed by atoms with Crippen LogP contribution >= 0.6 is 0 Å². The number of hydrogen-bond donors (Lipinski definition) is 2. The van der Waals surface area contributed by atoms with E-state index in [1.54, 1.807) is 4.90 Å². The Kier molecular flexibility index (Phi) is 8.26. The second kappa shape index (κ2) is 11.0. The van der Waals surface area contributed by atoms with Crippen LogP contribution < -0.4 is 10.6 Å². The second-order valence-electron chi connectivity index (χ2n) is 8.43. The van der Waals surface area contributed by atoms with Gasteiger partial charge in [0.15, 0.2) is 6.10 Å². The Morgan fingerprint density at radius 2 is 1.71 bits per heavy atom. The molecule has 1 aliphatic heterocycles. The van der Waals surface area contributed by atoms with E-state index in [9.17, 15) is 27.6 Å². The van der Waals surface area contributed by atoms with Crippen molar-refractivity contribution in [2.24, 2.45) is 0 Å². The van der Waals surface area contributed by atoms with Gasteiger partial charge in [-0.1, -0.05) is 18.9 Å². The van der Waals surface area contributed by atoms with Crippen LogP contribution in [-0.4, -0.2) is 79.8 Å². The number of nitrogens with one attached hydrogen (secondary N) is 2. The van der Waals surface area contributed by atoms with Gasteiger partial charge in [0.05, 0.1) is 10.5 Å². The molecule has 2 aliphatic rings. The van der Waals surface area contributed by atoms with Crippen molar-refractivity contribution in [1.29, 1.82) is 0 Å². The summed E-state index contributed by atoms with van der Waals surface area (Å²) < 4.78 is 32.4. The molecular formula is C22H30N4O7S. The van der Waals surface area contributed by atoms with Gasteiger partial charge in [-0.15, -0.1) is 0 Å². The van der Waals surface area contributed by atoms with Gasteiger partial charge < -0.3 is 15.0 Å². The maximum atomic E-state index is 13.0. The van der Waals surface area contributed by atoms with Crippen LogP contribution in [0.4, 0.5) is 4.79 Å². The number of imide groups is 1. The van der Waals surface area contributed by atoms with Gasteiger partial charge in [-0.2, -0.15) is 4.31 Å². The molecule has 12 heteroatoms.